The van der Waals surface area contributed by atoms with E-state index in [1.54, 1.807) is 0 Å². The molecular formula is C24H32O7. The predicted octanol–water partition coefficient (Wildman–Crippen LogP) is 3.57. The van der Waals surface area contributed by atoms with Crippen LogP contribution in [0.1, 0.15) is 60.3 Å². The first-order valence-electron chi connectivity index (χ1n) is 10.7. The second-order valence-corrected chi connectivity index (χ2v) is 9.08. The molecule has 0 aromatic heterocycles. The van der Waals surface area contributed by atoms with Crippen molar-refractivity contribution in [1.82, 2.24) is 0 Å². The molecule has 2 fully saturated rings. The Morgan fingerprint density at radius 3 is 2.45 bits per heavy atom. The van der Waals surface area contributed by atoms with Crippen LogP contribution >= 0.6 is 0 Å². The summed E-state index contributed by atoms with van der Waals surface area (Å²) in [6.45, 7) is 12.6. The van der Waals surface area contributed by atoms with Gasteiger partial charge in [0.15, 0.2) is 0 Å². The predicted molar refractivity (Wildman–Crippen MR) is 113 cm³/mol. The van der Waals surface area contributed by atoms with Gasteiger partial charge in [-0.05, 0) is 39.7 Å². The number of epoxide rings is 1. The molecule has 0 aromatic carbocycles. The summed E-state index contributed by atoms with van der Waals surface area (Å²) in [4.78, 5) is 35.9. The summed E-state index contributed by atoms with van der Waals surface area (Å²) in [5.74, 6) is -1.78. The zero-order chi connectivity index (χ0) is 22.9. The summed E-state index contributed by atoms with van der Waals surface area (Å²) in [7, 11) is 0. The van der Waals surface area contributed by atoms with Crippen molar-refractivity contribution in [2.24, 2.45) is 5.92 Å². The average molecular weight is 433 g/mol. The minimum absolute atomic E-state index is 0.270. The van der Waals surface area contributed by atoms with E-state index in [9.17, 15) is 14.4 Å². The first-order chi connectivity index (χ1) is 14.5. The summed E-state index contributed by atoms with van der Waals surface area (Å²) >= 11 is 0. The quantitative estimate of drug-likeness (QED) is 0.217. The van der Waals surface area contributed by atoms with Crippen LogP contribution in [0.4, 0.5) is 0 Å². The Hall–Kier alpha value is -2.41. The molecular weight excluding hydrogens is 400 g/mol. The molecule has 0 spiro atoms. The first-order valence-corrected chi connectivity index (χ1v) is 10.7. The number of allylic oxidation sites excluding steroid dienone is 1. The van der Waals surface area contributed by atoms with Crippen molar-refractivity contribution < 1.29 is 33.3 Å². The van der Waals surface area contributed by atoms with Crippen LogP contribution in [0.25, 0.3) is 0 Å². The summed E-state index contributed by atoms with van der Waals surface area (Å²) in [6.07, 6.45) is 4.62. The lowest BCUT2D eigenvalue weighted by Crippen LogP contribution is -2.38. The molecule has 3 rings (SSSR count). The van der Waals surface area contributed by atoms with Gasteiger partial charge in [-0.3, -0.25) is 9.59 Å². The van der Waals surface area contributed by atoms with Crippen molar-refractivity contribution in [3.8, 4) is 0 Å². The van der Waals surface area contributed by atoms with Crippen molar-refractivity contribution in [2.75, 3.05) is 0 Å². The Bertz CT molecular complexity index is 839. The molecule has 0 saturated carbocycles. The fourth-order valence-corrected chi connectivity index (χ4v) is 4.68. The number of carbonyl (C=O) groups is 3. The second kappa shape index (κ2) is 8.99. The van der Waals surface area contributed by atoms with Crippen molar-refractivity contribution in [1.29, 1.82) is 0 Å². The monoisotopic (exact) mass is 432 g/mol. The maximum absolute atomic E-state index is 12.4. The standard InChI is InChI=1S/C24H32O7/c1-13-8-7-9-24(6)22(31-24)21-20(15(3)23(27)30-21)19(29-17(5)26)12-14(2)11-18(10-13)28-16(4)25/h8,11,18-22H,3,7,9-10,12H2,1-2,4-6H3/b13-8-,14-11-. The Labute approximate surface area is 183 Å². The molecule has 1 aliphatic carbocycles. The van der Waals surface area contributed by atoms with Crippen LogP contribution < -0.4 is 0 Å². The molecule has 2 aliphatic heterocycles. The average Bonchev–Trinajstić information content (AvgIpc) is 3.20. The maximum Gasteiger partial charge on any atom is 0.334 e. The van der Waals surface area contributed by atoms with Gasteiger partial charge < -0.3 is 18.9 Å². The van der Waals surface area contributed by atoms with Crippen molar-refractivity contribution in [2.45, 2.75) is 90.3 Å². The van der Waals surface area contributed by atoms with E-state index in [0.717, 1.165) is 24.0 Å². The molecule has 2 heterocycles. The molecule has 0 N–H and O–H groups in total. The fraction of sp³-hybridized carbons (Fsp3) is 0.625. The van der Waals surface area contributed by atoms with Gasteiger partial charge in [0.05, 0.1) is 11.5 Å². The number of hydrogen-bond donors (Lipinski definition) is 0. The molecule has 7 heteroatoms. The van der Waals surface area contributed by atoms with Crippen LogP contribution in [0.5, 0.6) is 0 Å². The molecule has 6 unspecified atom stereocenters. The van der Waals surface area contributed by atoms with Crippen molar-refractivity contribution >= 4 is 17.9 Å². The molecule has 6 atom stereocenters. The highest BCUT2D eigenvalue weighted by atomic mass is 16.6. The third-order valence-electron chi connectivity index (χ3n) is 6.19. The Morgan fingerprint density at radius 1 is 1.13 bits per heavy atom. The van der Waals surface area contributed by atoms with Gasteiger partial charge in [-0.15, -0.1) is 0 Å². The highest BCUT2D eigenvalue weighted by Gasteiger charge is 2.63. The van der Waals surface area contributed by atoms with E-state index < -0.39 is 41.8 Å². The molecule has 0 amide bonds. The lowest BCUT2D eigenvalue weighted by atomic mass is 9.83. The van der Waals surface area contributed by atoms with Crippen LogP contribution in [0, 0.1) is 5.92 Å². The van der Waals surface area contributed by atoms with Gasteiger partial charge in [0.1, 0.15) is 24.4 Å². The van der Waals surface area contributed by atoms with Gasteiger partial charge in [-0.25, -0.2) is 4.79 Å². The number of carbonyl (C=O) groups excluding carboxylic acids is 3. The van der Waals surface area contributed by atoms with E-state index in [0.29, 0.717) is 18.4 Å². The van der Waals surface area contributed by atoms with Crippen LogP contribution in [0.3, 0.4) is 0 Å². The van der Waals surface area contributed by atoms with Crippen LogP contribution in [0.2, 0.25) is 0 Å². The topological polar surface area (TPSA) is 91.4 Å². The fourth-order valence-electron chi connectivity index (χ4n) is 4.68. The Morgan fingerprint density at radius 2 is 1.81 bits per heavy atom. The van der Waals surface area contributed by atoms with Crippen LogP contribution in [-0.4, -0.2) is 47.9 Å². The normalized spacial score (nSPS) is 39.5. The van der Waals surface area contributed by atoms with Crippen molar-refractivity contribution in [3.05, 3.63) is 35.5 Å². The third kappa shape index (κ3) is 5.45. The minimum Gasteiger partial charge on any atom is -0.461 e. The first kappa shape index (κ1) is 23.3. The lowest BCUT2D eigenvalue weighted by Gasteiger charge is -2.27. The SMILES string of the molecule is C=C1C(=O)OC2C1C(OC(C)=O)C/C(C)=C\C(OC(C)=O)C/C(C)=C\CCC1(C)OC21. The van der Waals surface area contributed by atoms with Gasteiger partial charge in [-0.1, -0.05) is 23.8 Å². The summed E-state index contributed by atoms with van der Waals surface area (Å²) < 4.78 is 22.8. The summed E-state index contributed by atoms with van der Waals surface area (Å²) in [5.41, 5.74) is 1.87. The molecule has 31 heavy (non-hydrogen) atoms. The van der Waals surface area contributed by atoms with E-state index in [-0.39, 0.29) is 12.1 Å². The van der Waals surface area contributed by atoms with Gasteiger partial charge in [-0.2, -0.15) is 0 Å². The number of rotatable bonds is 2. The molecule has 0 bridgehead atoms. The zero-order valence-corrected chi connectivity index (χ0v) is 18.9. The highest BCUT2D eigenvalue weighted by molar-refractivity contribution is 5.91. The number of esters is 3. The Kier molecular flexibility index (Phi) is 6.74. The Balaban J connectivity index is 1.98. The third-order valence-corrected chi connectivity index (χ3v) is 6.19. The summed E-state index contributed by atoms with van der Waals surface area (Å²) in [5, 5.41) is 0. The highest BCUT2D eigenvalue weighted by Crippen LogP contribution is 2.49. The molecule has 2 saturated heterocycles. The van der Waals surface area contributed by atoms with E-state index in [2.05, 4.69) is 12.7 Å². The maximum atomic E-state index is 12.4. The smallest absolute Gasteiger partial charge is 0.334 e. The van der Waals surface area contributed by atoms with E-state index in [1.807, 2.05) is 26.8 Å². The number of fused-ring (bicyclic) bond motifs is 3. The van der Waals surface area contributed by atoms with Crippen molar-refractivity contribution in [3.63, 3.8) is 0 Å². The van der Waals surface area contributed by atoms with Gasteiger partial charge in [0, 0.05) is 32.3 Å². The number of hydrogen-bond acceptors (Lipinski definition) is 7. The molecule has 0 radical (unpaired) electrons. The van der Waals surface area contributed by atoms with Gasteiger partial charge in [0.25, 0.3) is 0 Å². The van der Waals surface area contributed by atoms with Crippen LogP contribution in [-0.2, 0) is 33.3 Å². The van der Waals surface area contributed by atoms with E-state index >= 15 is 0 Å². The number of ether oxygens (including phenoxy) is 4. The van der Waals surface area contributed by atoms with E-state index in [1.165, 1.54) is 13.8 Å². The lowest BCUT2D eigenvalue weighted by molar-refractivity contribution is -0.150. The van der Waals surface area contributed by atoms with Gasteiger partial charge in [0.2, 0.25) is 0 Å². The molecule has 170 valence electrons. The zero-order valence-electron chi connectivity index (χ0n) is 18.9. The molecule has 3 aliphatic rings. The van der Waals surface area contributed by atoms with Crippen LogP contribution in [0.15, 0.2) is 35.5 Å². The summed E-state index contributed by atoms with van der Waals surface area (Å²) in [6, 6.07) is 0. The van der Waals surface area contributed by atoms with Gasteiger partial charge >= 0.3 is 17.9 Å². The molecule has 0 aromatic rings. The largest absolute Gasteiger partial charge is 0.461 e. The minimum atomic E-state index is -0.635. The van der Waals surface area contributed by atoms with E-state index in [4.69, 9.17) is 18.9 Å². The molecule has 7 nitrogen and oxygen atoms in total. The second-order valence-electron chi connectivity index (χ2n) is 9.08.